The number of benzene rings is 1. The highest BCUT2D eigenvalue weighted by atomic mass is 16.4. The largest absolute Gasteiger partial charge is 0.481 e. The first-order chi connectivity index (χ1) is 8.63. The summed E-state index contributed by atoms with van der Waals surface area (Å²) in [5.41, 5.74) is 4.28. The van der Waals surface area contributed by atoms with Gasteiger partial charge in [-0.1, -0.05) is 23.8 Å². The zero-order valence-electron chi connectivity index (χ0n) is 10.7. The molecule has 96 valence electrons. The molecule has 1 atom stereocenters. The predicted molar refractivity (Wildman–Crippen MR) is 69.6 cm³/mol. The molecule has 1 N–H and O–H groups in total. The van der Waals surface area contributed by atoms with Crippen LogP contribution in [0.25, 0.3) is 0 Å². The highest BCUT2D eigenvalue weighted by Crippen LogP contribution is 2.40. The van der Waals surface area contributed by atoms with Gasteiger partial charge >= 0.3 is 5.97 Å². The molecule has 3 rings (SSSR count). The van der Waals surface area contributed by atoms with Crippen molar-refractivity contribution < 1.29 is 9.90 Å². The second-order valence-corrected chi connectivity index (χ2v) is 5.67. The molecule has 1 aromatic carbocycles. The maximum absolute atomic E-state index is 10.7. The molecule has 1 heterocycles. The number of fused-ring (bicyclic) bond motifs is 1. The zero-order valence-corrected chi connectivity index (χ0v) is 10.7. The monoisotopic (exact) mass is 245 g/mol. The lowest BCUT2D eigenvalue weighted by atomic mass is 9.92. The van der Waals surface area contributed by atoms with E-state index in [-0.39, 0.29) is 0 Å². The van der Waals surface area contributed by atoms with Crippen LogP contribution in [0.1, 0.15) is 35.6 Å². The van der Waals surface area contributed by atoms with Gasteiger partial charge in [0.2, 0.25) is 0 Å². The van der Waals surface area contributed by atoms with Crippen molar-refractivity contribution in [2.75, 3.05) is 13.1 Å². The molecule has 1 aliphatic carbocycles. The molecule has 0 saturated carbocycles. The third-order valence-electron chi connectivity index (χ3n) is 4.24. The summed E-state index contributed by atoms with van der Waals surface area (Å²) < 4.78 is 0. The SMILES string of the molecule is Cc1ccc2c(c1)C(N1CC(CC(=O)O)C1)CC2. The Kier molecular flexibility index (Phi) is 2.86. The van der Waals surface area contributed by atoms with E-state index in [9.17, 15) is 4.79 Å². The predicted octanol–water partition coefficient (Wildman–Crippen LogP) is 2.39. The van der Waals surface area contributed by atoms with Crippen molar-refractivity contribution in [2.45, 2.75) is 32.2 Å². The molecule has 18 heavy (non-hydrogen) atoms. The summed E-state index contributed by atoms with van der Waals surface area (Å²) in [7, 11) is 0. The molecule has 1 aliphatic heterocycles. The summed E-state index contributed by atoms with van der Waals surface area (Å²) >= 11 is 0. The van der Waals surface area contributed by atoms with Gasteiger partial charge in [-0.05, 0) is 36.8 Å². The third-order valence-corrected chi connectivity index (χ3v) is 4.24. The molecule has 1 unspecified atom stereocenters. The van der Waals surface area contributed by atoms with Gasteiger partial charge in [-0.25, -0.2) is 0 Å². The van der Waals surface area contributed by atoms with Crippen LogP contribution in [0.15, 0.2) is 18.2 Å². The molecule has 0 aromatic heterocycles. The molecular formula is C15H19NO2. The average Bonchev–Trinajstić information content (AvgIpc) is 2.65. The molecule has 3 nitrogen and oxygen atoms in total. The van der Waals surface area contributed by atoms with E-state index in [0.29, 0.717) is 18.4 Å². The van der Waals surface area contributed by atoms with Gasteiger partial charge in [0.25, 0.3) is 0 Å². The Morgan fingerprint density at radius 1 is 1.44 bits per heavy atom. The molecule has 0 spiro atoms. The van der Waals surface area contributed by atoms with E-state index in [1.807, 2.05) is 0 Å². The fourth-order valence-corrected chi connectivity index (χ4v) is 3.32. The van der Waals surface area contributed by atoms with E-state index in [4.69, 9.17) is 5.11 Å². The maximum atomic E-state index is 10.7. The van der Waals surface area contributed by atoms with Crippen molar-refractivity contribution in [1.29, 1.82) is 0 Å². The number of hydrogen-bond acceptors (Lipinski definition) is 2. The fourth-order valence-electron chi connectivity index (χ4n) is 3.32. The number of hydrogen-bond donors (Lipinski definition) is 1. The van der Waals surface area contributed by atoms with Gasteiger partial charge in [-0.3, -0.25) is 9.69 Å². The van der Waals surface area contributed by atoms with E-state index in [2.05, 4.69) is 30.0 Å². The van der Waals surface area contributed by atoms with E-state index < -0.39 is 5.97 Å². The average molecular weight is 245 g/mol. The van der Waals surface area contributed by atoms with Crippen LogP contribution in [0.3, 0.4) is 0 Å². The highest BCUT2D eigenvalue weighted by molar-refractivity contribution is 5.67. The van der Waals surface area contributed by atoms with Crippen LogP contribution in [-0.2, 0) is 11.2 Å². The molecule has 1 aromatic rings. The number of aliphatic carboxylic acids is 1. The van der Waals surface area contributed by atoms with Crippen molar-refractivity contribution in [2.24, 2.45) is 5.92 Å². The first-order valence-electron chi connectivity index (χ1n) is 6.69. The number of likely N-dealkylation sites (tertiary alicyclic amines) is 1. The lowest BCUT2D eigenvalue weighted by Crippen LogP contribution is -2.48. The lowest BCUT2D eigenvalue weighted by molar-refractivity contribution is -0.139. The standard InChI is InChI=1S/C15H19NO2/c1-10-2-3-12-4-5-14(13(12)6-10)16-8-11(9-16)7-15(17)18/h2-3,6,11,14H,4-5,7-9H2,1H3,(H,17,18). The number of rotatable bonds is 3. The van der Waals surface area contributed by atoms with Gasteiger partial charge < -0.3 is 5.11 Å². The topological polar surface area (TPSA) is 40.5 Å². The Morgan fingerprint density at radius 3 is 2.94 bits per heavy atom. The van der Waals surface area contributed by atoms with Gasteiger partial charge in [-0.15, -0.1) is 0 Å². The van der Waals surface area contributed by atoms with Crippen LogP contribution in [0.2, 0.25) is 0 Å². The number of carboxylic acid groups (broad SMARTS) is 1. The summed E-state index contributed by atoms with van der Waals surface area (Å²) in [6.07, 6.45) is 2.68. The lowest BCUT2D eigenvalue weighted by Gasteiger charge is -2.43. The van der Waals surface area contributed by atoms with Crippen LogP contribution in [-0.4, -0.2) is 29.1 Å². The van der Waals surface area contributed by atoms with Crippen LogP contribution in [0, 0.1) is 12.8 Å². The van der Waals surface area contributed by atoms with E-state index in [1.54, 1.807) is 0 Å². The van der Waals surface area contributed by atoms with Gasteiger partial charge in [0.15, 0.2) is 0 Å². The number of carbonyl (C=O) groups is 1. The molecule has 1 fully saturated rings. The van der Waals surface area contributed by atoms with Gasteiger partial charge in [0.1, 0.15) is 0 Å². The van der Waals surface area contributed by atoms with Crippen LogP contribution in [0.5, 0.6) is 0 Å². The highest BCUT2D eigenvalue weighted by Gasteiger charge is 2.36. The third kappa shape index (κ3) is 2.03. The van der Waals surface area contributed by atoms with Crippen molar-refractivity contribution >= 4 is 5.97 Å². The van der Waals surface area contributed by atoms with Crippen molar-refractivity contribution in [3.8, 4) is 0 Å². The second kappa shape index (κ2) is 4.39. The summed E-state index contributed by atoms with van der Waals surface area (Å²) in [5.74, 6) is -0.307. The number of carboxylic acids is 1. The Hall–Kier alpha value is -1.35. The van der Waals surface area contributed by atoms with Crippen LogP contribution >= 0.6 is 0 Å². The fraction of sp³-hybridized carbons (Fsp3) is 0.533. The van der Waals surface area contributed by atoms with Crippen LogP contribution < -0.4 is 0 Å². The first-order valence-corrected chi connectivity index (χ1v) is 6.69. The molecule has 3 heteroatoms. The smallest absolute Gasteiger partial charge is 0.303 e. The van der Waals surface area contributed by atoms with E-state index >= 15 is 0 Å². The second-order valence-electron chi connectivity index (χ2n) is 5.67. The minimum atomic E-state index is -0.665. The Labute approximate surface area is 107 Å². The minimum Gasteiger partial charge on any atom is -0.481 e. The van der Waals surface area contributed by atoms with Gasteiger partial charge in [0.05, 0.1) is 6.42 Å². The molecule has 0 radical (unpaired) electrons. The summed E-state index contributed by atoms with van der Waals surface area (Å²) in [5, 5.41) is 8.78. The van der Waals surface area contributed by atoms with E-state index in [1.165, 1.54) is 29.5 Å². The Morgan fingerprint density at radius 2 is 2.22 bits per heavy atom. The van der Waals surface area contributed by atoms with Crippen LogP contribution in [0.4, 0.5) is 0 Å². The molecule has 2 aliphatic rings. The zero-order chi connectivity index (χ0) is 12.7. The molecular weight excluding hydrogens is 226 g/mol. The van der Waals surface area contributed by atoms with E-state index in [0.717, 1.165) is 13.1 Å². The number of nitrogens with zero attached hydrogens (tertiary/aromatic N) is 1. The number of aryl methyl sites for hydroxylation is 2. The van der Waals surface area contributed by atoms with Crippen molar-refractivity contribution in [1.82, 2.24) is 4.90 Å². The molecule has 0 bridgehead atoms. The first kappa shape index (κ1) is 11.7. The minimum absolute atomic E-state index is 0.323. The maximum Gasteiger partial charge on any atom is 0.303 e. The normalized spacial score (nSPS) is 23.7. The summed E-state index contributed by atoms with van der Waals surface area (Å²) in [6, 6.07) is 7.27. The molecule has 1 saturated heterocycles. The van der Waals surface area contributed by atoms with Gasteiger partial charge in [0, 0.05) is 19.1 Å². The summed E-state index contributed by atoms with van der Waals surface area (Å²) in [6.45, 7) is 4.04. The van der Waals surface area contributed by atoms with Crippen molar-refractivity contribution in [3.63, 3.8) is 0 Å². The Bertz CT molecular complexity index is 477. The quantitative estimate of drug-likeness (QED) is 0.889. The molecule has 0 amide bonds. The van der Waals surface area contributed by atoms with Crippen molar-refractivity contribution in [3.05, 3.63) is 34.9 Å². The summed E-state index contributed by atoms with van der Waals surface area (Å²) in [4.78, 5) is 13.1. The van der Waals surface area contributed by atoms with Gasteiger partial charge in [-0.2, -0.15) is 0 Å². The Balaban J connectivity index is 1.67.